The van der Waals surface area contributed by atoms with Gasteiger partial charge in [0.2, 0.25) is 5.89 Å². The molecule has 216 valence electrons. The molecule has 2 atom stereocenters. The number of aromatic amines is 1. The molecule has 1 amide bonds. The summed E-state index contributed by atoms with van der Waals surface area (Å²) in [6.07, 6.45) is 8.84. The summed E-state index contributed by atoms with van der Waals surface area (Å²) < 4.78 is 33.6. The van der Waals surface area contributed by atoms with Gasteiger partial charge >= 0.3 is 0 Å². The van der Waals surface area contributed by atoms with Crippen LogP contribution >= 0.6 is 0 Å². The molecular weight excluding hydrogens is 526 g/mol. The van der Waals surface area contributed by atoms with Crippen LogP contribution in [-0.4, -0.2) is 46.2 Å². The van der Waals surface area contributed by atoms with Gasteiger partial charge in [0, 0.05) is 47.9 Å². The van der Waals surface area contributed by atoms with Crippen molar-refractivity contribution in [2.45, 2.75) is 64.0 Å². The summed E-state index contributed by atoms with van der Waals surface area (Å²) in [5, 5.41) is 14.2. The Kier molecular flexibility index (Phi) is 9.14. The summed E-state index contributed by atoms with van der Waals surface area (Å²) in [5.41, 5.74) is 4.57. The van der Waals surface area contributed by atoms with Crippen molar-refractivity contribution in [1.82, 2.24) is 15.3 Å². The van der Waals surface area contributed by atoms with E-state index in [0.717, 1.165) is 67.3 Å². The lowest BCUT2D eigenvalue weighted by Gasteiger charge is -2.33. The molecule has 2 aromatic carbocycles. The summed E-state index contributed by atoms with van der Waals surface area (Å²) in [5.74, 6) is -1.35. The van der Waals surface area contributed by atoms with E-state index in [9.17, 15) is 18.7 Å². The Labute approximate surface area is 238 Å². The van der Waals surface area contributed by atoms with Gasteiger partial charge in [0.15, 0.2) is 0 Å². The van der Waals surface area contributed by atoms with E-state index in [1.807, 2.05) is 24.4 Å². The van der Waals surface area contributed by atoms with E-state index in [-0.39, 0.29) is 12.3 Å². The molecule has 5 rings (SSSR count). The number of oxazole rings is 1. The van der Waals surface area contributed by atoms with Gasteiger partial charge in [-0.2, -0.15) is 0 Å². The highest BCUT2D eigenvalue weighted by Crippen LogP contribution is 2.36. The van der Waals surface area contributed by atoms with E-state index in [1.165, 1.54) is 18.4 Å². The number of hydrogen-bond donors (Lipinski definition) is 3. The molecule has 41 heavy (non-hydrogen) atoms. The average Bonchev–Trinajstić information content (AvgIpc) is 3.68. The fraction of sp³-hybridized carbons (Fsp3) is 0.375. The molecule has 3 heterocycles. The highest BCUT2D eigenvalue weighted by atomic mass is 19.1. The molecule has 4 aromatic rings. The number of aryl methyl sites for hydroxylation is 1. The van der Waals surface area contributed by atoms with Crippen molar-refractivity contribution in [2.24, 2.45) is 0 Å². The number of unbranched alkanes of at least 4 members (excludes halogenated alkanes) is 1. The van der Waals surface area contributed by atoms with E-state index in [2.05, 4.69) is 27.1 Å². The third kappa shape index (κ3) is 7.03. The zero-order chi connectivity index (χ0) is 28.8. The zero-order valence-electron chi connectivity index (χ0n) is 23.2. The molecule has 0 saturated heterocycles. The van der Waals surface area contributed by atoms with Gasteiger partial charge in [0.25, 0.3) is 5.91 Å². The first-order chi connectivity index (χ1) is 19.9. The molecule has 0 fully saturated rings. The maximum atomic E-state index is 14.0. The Morgan fingerprint density at radius 3 is 2.76 bits per heavy atom. The number of fused-ring (bicyclic) bond motifs is 1. The first kappa shape index (κ1) is 28.5. The van der Waals surface area contributed by atoms with Gasteiger partial charge < -0.3 is 24.7 Å². The minimum absolute atomic E-state index is 0.0620. The van der Waals surface area contributed by atoms with Gasteiger partial charge in [0.1, 0.15) is 17.9 Å². The number of hydrogen-bond acceptors (Lipinski definition) is 5. The van der Waals surface area contributed by atoms with Crippen LogP contribution in [-0.2, 0) is 19.3 Å². The monoisotopic (exact) mass is 562 g/mol. The van der Waals surface area contributed by atoms with Crippen LogP contribution in [0.4, 0.5) is 14.5 Å². The lowest BCUT2D eigenvalue weighted by atomic mass is 9.92. The number of benzene rings is 2. The van der Waals surface area contributed by atoms with Crippen LogP contribution in [0.25, 0.3) is 11.5 Å². The minimum atomic E-state index is -0.960. The number of rotatable bonds is 12. The smallest absolute Gasteiger partial charge is 0.251 e. The molecule has 0 spiro atoms. The number of halogens is 2. The van der Waals surface area contributed by atoms with Gasteiger partial charge in [-0.25, -0.2) is 13.8 Å². The van der Waals surface area contributed by atoms with E-state index in [1.54, 1.807) is 12.3 Å². The average molecular weight is 563 g/mol. The molecule has 9 heteroatoms. The van der Waals surface area contributed by atoms with Crippen LogP contribution in [0.15, 0.2) is 65.5 Å². The van der Waals surface area contributed by atoms with Crippen molar-refractivity contribution in [3.8, 4) is 11.5 Å². The summed E-state index contributed by atoms with van der Waals surface area (Å²) in [4.78, 5) is 23.6. The number of carbonyl (C=O) groups excluding carboxylic acids is 1. The van der Waals surface area contributed by atoms with Crippen LogP contribution in [0.2, 0.25) is 0 Å². The van der Waals surface area contributed by atoms with Crippen LogP contribution < -0.4 is 10.2 Å². The van der Waals surface area contributed by atoms with E-state index in [0.29, 0.717) is 29.9 Å². The quantitative estimate of drug-likeness (QED) is 0.202. The Hall–Kier alpha value is -3.98. The lowest BCUT2D eigenvalue weighted by Crippen LogP contribution is -2.45. The molecule has 0 radical (unpaired) electrons. The molecule has 7 nitrogen and oxygen atoms in total. The van der Waals surface area contributed by atoms with Crippen molar-refractivity contribution in [3.63, 3.8) is 0 Å². The predicted molar refractivity (Wildman–Crippen MR) is 154 cm³/mol. The normalized spacial score (nSPS) is 14.5. The number of amides is 1. The van der Waals surface area contributed by atoms with Gasteiger partial charge in [-0.3, -0.25) is 4.79 Å². The Bertz CT molecular complexity index is 1420. The standard InChI is InChI=1S/C32H36F2N4O3/c1-2-3-12-38-13-5-7-26-27(32-36-11-14-41-32)18-22(19-29(26)38)31(40)37-28(17-21-15-23(33)20-24(34)16-21)30(39)9-8-25-6-4-10-35-25/h4,6,10-11,14-16,18-20,28,30,35,39H,2-3,5,7-9,12-13,17H2,1H3,(H,37,40). The zero-order valence-corrected chi connectivity index (χ0v) is 23.2. The molecular formula is C32H36F2N4O3. The third-order valence-electron chi connectivity index (χ3n) is 7.66. The SMILES string of the molecule is CCCCN1CCCc2c(-c3ncco3)cc(C(=O)NC(Cc3cc(F)cc(F)c3)C(O)CCc3ccc[nH]3)cc21. The highest BCUT2D eigenvalue weighted by molar-refractivity contribution is 5.97. The van der Waals surface area contributed by atoms with Crippen molar-refractivity contribution in [3.05, 3.63) is 95.1 Å². The third-order valence-corrected chi connectivity index (χ3v) is 7.66. The van der Waals surface area contributed by atoms with Crippen LogP contribution in [0.3, 0.4) is 0 Å². The van der Waals surface area contributed by atoms with E-state index in [4.69, 9.17) is 4.42 Å². The van der Waals surface area contributed by atoms with Gasteiger partial charge in [0.05, 0.1) is 18.3 Å². The number of aliphatic hydroxyl groups excluding tert-OH is 1. The summed E-state index contributed by atoms with van der Waals surface area (Å²) in [6, 6.07) is 9.96. The molecule has 0 bridgehead atoms. The van der Waals surface area contributed by atoms with Crippen molar-refractivity contribution >= 4 is 11.6 Å². The largest absolute Gasteiger partial charge is 0.445 e. The number of nitrogens with zero attached hydrogens (tertiary/aromatic N) is 2. The first-order valence-corrected chi connectivity index (χ1v) is 14.3. The van der Waals surface area contributed by atoms with Crippen molar-refractivity contribution in [1.29, 1.82) is 0 Å². The number of H-pyrrole nitrogens is 1. The number of aliphatic hydroxyl groups is 1. The molecule has 0 aliphatic carbocycles. The highest BCUT2D eigenvalue weighted by Gasteiger charge is 2.27. The number of aromatic nitrogens is 2. The fourth-order valence-corrected chi connectivity index (χ4v) is 5.57. The molecule has 1 aliphatic rings. The van der Waals surface area contributed by atoms with Crippen molar-refractivity contribution < 1.29 is 23.1 Å². The Morgan fingerprint density at radius 1 is 1.22 bits per heavy atom. The maximum Gasteiger partial charge on any atom is 0.251 e. The van der Waals surface area contributed by atoms with Crippen LogP contribution in [0.5, 0.6) is 0 Å². The lowest BCUT2D eigenvalue weighted by molar-refractivity contribution is 0.0814. The fourth-order valence-electron chi connectivity index (χ4n) is 5.57. The van der Waals surface area contributed by atoms with Gasteiger partial charge in [-0.05, 0) is 86.1 Å². The van der Waals surface area contributed by atoms with Crippen molar-refractivity contribution in [2.75, 3.05) is 18.0 Å². The Morgan fingerprint density at radius 2 is 2.05 bits per heavy atom. The number of anilines is 1. The second-order valence-electron chi connectivity index (χ2n) is 10.7. The molecule has 1 aliphatic heterocycles. The molecule has 2 aromatic heterocycles. The molecule has 2 unspecified atom stereocenters. The second-order valence-corrected chi connectivity index (χ2v) is 10.7. The van der Waals surface area contributed by atoms with Gasteiger partial charge in [-0.1, -0.05) is 13.3 Å². The van der Waals surface area contributed by atoms with Gasteiger partial charge in [-0.15, -0.1) is 0 Å². The second kappa shape index (κ2) is 13.1. The van der Waals surface area contributed by atoms with Crippen LogP contribution in [0.1, 0.15) is 59.8 Å². The Balaban J connectivity index is 1.45. The van der Waals surface area contributed by atoms with Crippen LogP contribution in [0, 0.1) is 11.6 Å². The first-order valence-electron chi connectivity index (χ1n) is 14.3. The summed E-state index contributed by atoms with van der Waals surface area (Å²) >= 11 is 0. The summed E-state index contributed by atoms with van der Waals surface area (Å²) in [6.45, 7) is 3.93. The topological polar surface area (TPSA) is 94.4 Å². The predicted octanol–water partition coefficient (Wildman–Crippen LogP) is 5.84. The summed E-state index contributed by atoms with van der Waals surface area (Å²) in [7, 11) is 0. The van der Waals surface area contributed by atoms with E-state index >= 15 is 0 Å². The number of carbonyl (C=O) groups is 1. The maximum absolute atomic E-state index is 14.0. The minimum Gasteiger partial charge on any atom is -0.445 e. The molecule has 0 saturated carbocycles. The molecule has 3 N–H and O–H groups in total. The number of nitrogens with one attached hydrogen (secondary N) is 2. The van der Waals surface area contributed by atoms with E-state index < -0.39 is 23.8 Å².